The van der Waals surface area contributed by atoms with E-state index in [1.807, 2.05) is 51.1 Å². The van der Waals surface area contributed by atoms with E-state index in [-0.39, 0.29) is 23.1 Å². The lowest BCUT2D eigenvalue weighted by Gasteiger charge is -2.37. The highest BCUT2D eigenvalue weighted by molar-refractivity contribution is 5.98. The molecule has 0 spiro atoms. The quantitative estimate of drug-likeness (QED) is 0.315. The van der Waals surface area contributed by atoms with Crippen LogP contribution in [0.2, 0.25) is 0 Å². The van der Waals surface area contributed by atoms with Crippen molar-refractivity contribution < 1.29 is 38.1 Å². The van der Waals surface area contributed by atoms with E-state index < -0.39 is 42.4 Å². The number of ether oxygens (including phenoxy) is 5. The van der Waals surface area contributed by atoms with E-state index in [9.17, 15) is 14.4 Å². The predicted octanol–water partition coefficient (Wildman–Crippen LogP) is 3.32. The summed E-state index contributed by atoms with van der Waals surface area (Å²) >= 11 is 0. The van der Waals surface area contributed by atoms with Crippen LogP contribution in [0.5, 0.6) is 11.5 Å². The summed E-state index contributed by atoms with van der Waals surface area (Å²) in [5.74, 6) is -1.83. The molecule has 0 aliphatic carbocycles. The maximum absolute atomic E-state index is 13.0. The zero-order valence-electron chi connectivity index (χ0n) is 22.4. The van der Waals surface area contributed by atoms with E-state index in [1.54, 1.807) is 7.11 Å². The van der Waals surface area contributed by atoms with Gasteiger partial charge in [0.05, 0.1) is 12.7 Å². The zero-order valence-corrected chi connectivity index (χ0v) is 22.4. The minimum absolute atomic E-state index is 0.0255. The van der Waals surface area contributed by atoms with Gasteiger partial charge < -0.3 is 29.0 Å². The average Bonchev–Trinajstić information content (AvgIpc) is 2.87. The Balaban J connectivity index is 2.12. The first-order valence-electron chi connectivity index (χ1n) is 11.9. The first-order chi connectivity index (χ1) is 17.5. The normalized spacial score (nSPS) is 13.6. The minimum Gasteiger partial charge on any atom is -0.493 e. The number of nitrogens with one attached hydrogen (secondary N) is 1. The summed E-state index contributed by atoms with van der Waals surface area (Å²) in [5.41, 5.74) is 0.370. The molecule has 2 aromatic rings. The SMILES string of the molecule is COc1ccnc(C(=O)N[C@@H](C)C(=O)O[C@@H](C)[C@H](Cc2ccccc2)C(C)(C)OC)c1OCOC(C)=O. The van der Waals surface area contributed by atoms with Crippen molar-refractivity contribution in [3.63, 3.8) is 0 Å². The molecule has 1 heterocycles. The van der Waals surface area contributed by atoms with Crippen LogP contribution in [0, 0.1) is 5.92 Å². The van der Waals surface area contributed by atoms with Gasteiger partial charge in [-0.05, 0) is 39.7 Å². The van der Waals surface area contributed by atoms with Crippen LogP contribution in [-0.4, -0.2) is 61.6 Å². The Morgan fingerprint density at radius 2 is 1.73 bits per heavy atom. The number of esters is 2. The average molecular weight is 517 g/mol. The summed E-state index contributed by atoms with van der Waals surface area (Å²) in [7, 11) is 3.02. The molecule has 10 heteroatoms. The summed E-state index contributed by atoms with van der Waals surface area (Å²) in [4.78, 5) is 41.0. The van der Waals surface area contributed by atoms with Crippen molar-refractivity contribution in [2.24, 2.45) is 5.92 Å². The number of benzene rings is 1. The lowest BCUT2D eigenvalue weighted by atomic mass is 9.81. The molecule has 0 bridgehead atoms. The molecule has 1 aromatic carbocycles. The van der Waals surface area contributed by atoms with E-state index in [0.717, 1.165) is 5.56 Å². The molecule has 0 aliphatic rings. The molecule has 0 saturated carbocycles. The number of hydrogen-bond donors (Lipinski definition) is 1. The van der Waals surface area contributed by atoms with Crippen molar-refractivity contribution in [1.82, 2.24) is 10.3 Å². The van der Waals surface area contributed by atoms with Gasteiger partial charge in [-0.3, -0.25) is 9.59 Å². The molecule has 37 heavy (non-hydrogen) atoms. The highest BCUT2D eigenvalue weighted by Crippen LogP contribution is 2.31. The molecule has 0 saturated heterocycles. The van der Waals surface area contributed by atoms with E-state index in [2.05, 4.69) is 10.3 Å². The van der Waals surface area contributed by atoms with Crippen molar-refractivity contribution in [2.45, 2.75) is 58.8 Å². The Labute approximate surface area is 217 Å². The number of aromatic nitrogens is 1. The Morgan fingerprint density at radius 3 is 2.32 bits per heavy atom. The number of carbonyl (C=O) groups is 3. The Hall–Kier alpha value is -3.66. The molecule has 1 N–H and O–H groups in total. The number of amides is 1. The van der Waals surface area contributed by atoms with Crippen molar-refractivity contribution >= 4 is 17.8 Å². The van der Waals surface area contributed by atoms with Gasteiger partial charge in [-0.15, -0.1) is 0 Å². The largest absolute Gasteiger partial charge is 0.493 e. The fraction of sp³-hybridized carbons (Fsp3) is 0.481. The van der Waals surface area contributed by atoms with Gasteiger partial charge in [-0.1, -0.05) is 30.3 Å². The van der Waals surface area contributed by atoms with Crippen LogP contribution in [0.3, 0.4) is 0 Å². The van der Waals surface area contributed by atoms with Gasteiger partial charge >= 0.3 is 11.9 Å². The van der Waals surface area contributed by atoms with Crippen molar-refractivity contribution in [3.8, 4) is 11.5 Å². The monoisotopic (exact) mass is 516 g/mol. The van der Waals surface area contributed by atoms with Gasteiger partial charge in [0.25, 0.3) is 5.91 Å². The summed E-state index contributed by atoms with van der Waals surface area (Å²) in [6.07, 6.45) is 1.48. The van der Waals surface area contributed by atoms with Gasteiger partial charge in [0, 0.05) is 32.2 Å². The molecule has 0 radical (unpaired) electrons. The van der Waals surface area contributed by atoms with Gasteiger partial charge in [-0.25, -0.2) is 9.78 Å². The second-order valence-electron chi connectivity index (χ2n) is 9.03. The number of pyridine rings is 1. The van der Waals surface area contributed by atoms with Gasteiger partial charge in [0.15, 0.2) is 17.2 Å². The number of hydrogen-bond acceptors (Lipinski definition) is 9. The molecular weight excluding hydrogens is 480 g/mol. The molecule has 3 atom stereocenters. The number of rotatable bonds is 13. The third-order valence-corrected chi connectivity index (χ3v) is 6.06. The summed E-state index contributed by atoms with van der Waals surface area (Å²) in [6.45, 7) is 8.00. The molecule has 1 amide bonds. The Morgan fingerprint density at radius 1 is 1.05 bits per heavy atom. The minimum atomic E-state index is -0.993. The summed E-state index contributed by atoms with van der Waals surface area (Å²) < 4.78 is 26.9. The van der Waals surface area contributed by atoms with Crippen LogP contribution in [-0.2, 0) is 30.2 Å². The van der Waals surface area contributed by atoms with Crippen molar-refractivity contribution in [1.29, 1.82) is 0 Å². The van der Waals surface area contributed by atoms with Crippen LogP contribution in [0.15, 0.2) is 42.6 Å². The fourth-order valence-electron chi connectivity index (χ4n) is 3.75. The van der Waals surface area contributed by atoms with Gasteiger partial charge in [-0.2, -0.15) is 0 Å². The Bertz CT molecular complexity index is 1060. The molecule has 202 valence electrons. The molecule has 0 fully saturated rings. The summed E-state index contributed by atoms with van der Waals surface area (Å²) in [5, 5.41) is 2.58. The lowest BCUT2D eigenvalue weighted by Crippen LogP contribution is -2.46. The van der Waals surface area contributed by atoms with Gasteiger partial charge in [0.2, 0.25) is 6.79 Å². The maximum atomic E-state index is 13.0. The van der Waals surface area contributed by atoms with Crippen LogP contribution in [0.25, 0.3) is 0 Å². The molecule has 0 unspecified atom stereocenters. The maximum Gasteiger partial charge on any atom is 0.328 e. The van der Waals surface area contributed by atoms with Crippen LogP contribution in [0.4, 0.5) is 0 Å². The second-order valence-corrected chi connectivity index (χ2v) is 9.03. The standard InChI is InChI=1S/C27H36N2O8/c1-17(29-25(31)23-24(36-16-35-19(3)30)22(33-6)13-14-28-23)26(32)37-18(2)21(27(4,5)34-7)15-20-11-9-8-10-12-20/h8-14,17-18,21H,15-16H2,1-7H3,(H,29,31)/t17-,18-,21-/m0/s1. The molecule has 2 rings (SSSR count). The second kappa shape index (κ2) is 13.6. The summed E-state index contributed by atoms with van der Waals surface area (Å²) in [6, 6.07) is 10.4. The first kappa shape index (κ1) is 29.6. The van der Waals surface area contributed by atoms with Gasteiger partial charge in [0.1, 0.15) is 12.1 Å². The zero-order chi connectivity index (χ0) is 27.6. The molecule has 0 aliphatic heterocycles. The predicted molar refractivity (Wildman–Crippen MR) is 135 cm³/mol. The third-order valence-electron chi connectivity index (χ3n) is 6.06. The van der Waals surface area contributed by atoms with Crippen LogP contribution in [0.1, 0.15) is 50.7 Å². The number of nitrogens with zero attached hydrogens (tertiary/aromatic N) is 1. The smallest absolute Gasteiger partial charge is 0.328 e. The van der Waals surface area contributed by atoms with E-state index >= 15 is 0 Å². The highest BCUT2D eigenvalue weighted by atomic mass is 16.7. The fourth-order valence-corrected chi connectivity index (χ4v) is 3.75. The first-order valence-corrected chi connectivity index (χ1v) is 11.9. The molecular formula is C27H36N2O8. The third kappa shape index (κ3) is 8.45. The highest BCUT2D eigenvalue weighted by Gasteiger charge is 2.36. The molecule has 10 nitrogen and oxygen atoms in total. The van der Waals surface area contributed by atoms with E-state index in [4.69, 9.17) is 23.7 Å². The van der Waals surface area contributed by atoms with Crippen LogP contribution >= 0.6 is 0 Å². The number of carbonyl (C=O) groups excluding carboxylic acids is 3. The number of methoxy groups -OCH3 is 2. The lowest BCUT2D eigenvalue weighted by molar-refractivity contribution is -0.159. The van der Waals surface area contributed by atoms with Crippen molar-refractivity contribution in [3.05, 3.63) is 53.9 Å². The topological polar surface area (TPSA) is 122 Å². The van der Waals surface area contributed by atoms with E-state index in [0.29, 0.717) is 6.42 Å². The van der Waals surface area contributed by atoms with Crippen LogP contribution < -0.4 is 14.8 Å². The molecule has 1 aromatic heterocycles. The van der Waals surface area contributed by atoms with Crippen molar-refractivity contribution in [2.75, 3.05) is 21.0 Å². The van der Waals surface area contributed by atoms with E-state index in [1.165, 1.54) is 33.2 Å². The Kier molecular flexibility index (Phi) is 10.9.